The van der Waals surface area contributed by atoms with Gasteiger partial charge in [-0.05, 0) is 18.5 Å². The van der Waals surface area contributed by atoms with Crippen LogP contribution in [0.3, 0.4) is 0 Å². The molecule has 0 radical (unpaired) electrons. The molecule has 0 aliphatic carbocycles. The van der Waals surface area contributed by atoms with Crippen molar-refractivity contribution in [3.05, 3.63) is 37.1 Å². The van der Waals surface area contributed by atoms with Gasteiger partial charge in [-0.15, -0.1) is 6.58 Å². The third kappa shape index (κ3) is 5.79. The Hall–Kier alpha value is -0.980. The van der Waals surface area contributed by atoms with E-state index in [1.807, 2.05) is 12.2 Å². The number of allylic oxidation sites excluding steroid dienone is 4. The molecule has 0 rings (SSSR count). The number of hydrogen-bond acceptors (Lipinski definition) is 1. The van der Waals surface area contributed by atoms with Gasteiger partial charge in [0.25, 0.3) is 0 Å². The smallest absolute Gasteiger partial charge is 0.00327 e. The summed E-state index contributed by atoms with van der Waals surface area (Å²) in [6, 6.07) is 0. The third-order valence-electron chi connectivity index (χ3n) is 2.73. The highest BCUT2D eigenvalue weighted by Crippen LogP contribution is 2.31. The first-order chi connectivity index (χ1) is 7.24. The van der Waals surface area contributed by atoms with Crippen LogP contribution in [0.15, 0.2) is 37.1 Å². The van der Waals surface area contributed by atoms with Crippen molar-refractivity contribution < 1.29 is 0 Å². The third-order valence-corrected chi connectivity index (χ3v) is 2.73. The van der Waals surface area contributed by atoms with Gasteiger partial charge < -0.3 is 5.73 Å². The fourth-order valence-electron chi connectivity index (χ4n) is 1.81. The first-order valence-corrected chi connectivity index (χ1v) is 5.98. The molecule has 16 heavy (non-hydrogen) atoms. The molecule has 0 amide bonds. The van der Waals surface area contributed by atoms with Crippen molar-refractivity contribution in [3.63, 3.8) is 0 Å². The van der Waals surface area contributed by atoms with Gasteiger partial charge in [-0.3, -0.25) is 0 Å². The minimum atomic E-state index is 0.00992. The zero-order valence-electron chi connectivity index (χ0n) is 11.5. The molecular formula is C15H27N. The molecule has 0 aromatic carbocycles. The topological polar surface area (TPSA) is 26.0 Å². The predicted octanol–water partition coefficient (Wildman–Crippen LogP) is 4.28. The van der Waals surface area contributed by atoms with Gasteiger partial charge >= 0.3 is 0 Å². The number of nitrogens with two attached hydrogens (primary N) is 1. The first kappa shape index (κ1) is 15.0. The minimum absolute atomic E-state index is 0.00992. The van der Waals surface area contributed by atoms with E-state index >= 15 is 0 Å². The van der Waals surface area contributed by atoms with Gasteiger partial charge in [-0.2, -0.15) is 0 Å². The Labute approximate surface area is 101 Å². The zero-order valence-corrected chi connectivity index (χ0v) is 11.5. The molecule has 0 bridgehead atoms. The minimum Gasteiger partial charge on any atom is -0.405 e. The molecule has 0 aromatic rings. The van der Waals surface area contributed by atoms with Crippen molar-refractivity contribution >= 4 is 0 Å². The van der Waals surface area contributed by atoms with E-state index in [4.69, 9.17) is 5.73 Å². The lowest BCUT2D eigenvalue weighted by Gasteiger charge is -2.26. The second-order valence-electron chi connectivity index (χ2n) is 5.82. The van der Waals surface area contributed by atoms with E-state index in [1.54, 1.807) is 6.20 Å². The number of hydrogen-bond donors (Lipinski definition) is 1. The van der Waals surface area contributed by atoms with Crippen LogP contribution in [0.25, 0.3) is 0 Å². The summed E-state index contributed by atoms with van der Waals surface area (Å²) in [4.78, 5) is 0. The maximum Gasteiger partial charge on any atom is 0.00327 e. The average Bonchev–Trinajstić information content (AvgIpc) is 2.14. The summed E-state index contributed by atoms with van der Waals surface area (Å²) in [5.41, 5.74) is 5.52. The summed E-state index contributed by atoms with van der Waals surface area (Å²) in [5, 5.41) is 0. The highest BCUT2D eigenvalue weighted by atomic mass is 14.5. The lowest BCUT2D eigenvalue weighted by atomic mass is 9.79. The molecular weight excluding hydrogens is 194 g/mol. The normalized spacial score (nSPS) is 17.1. The van der Waals surface area contributed by atoms with Crippen LogP contribution in [0.2, 0.25) is 0 Å². The second-order valence-corrected chi connectivity index (χ2v) is 5.82. The van der Waals surface area contributed by atoms with E-state index in [-0.39, 0.29) is 10.8 Å². The largest absolute Gasteiger partial charge is 0.405 e. The summed E-state index contributed by atoms with van der Waals surface area (Å²) in [5.74, 6) is 0.667. The standard InChI is InChI=1S/C15H27N/c1-7-15(6,12-13(2)3)9-8-14(4,5)10-11-16/h7-11,13H,1,12,16H2,2-6H3/b9-8-,11-10-. The SMILES string of the molecule is C=CC(C)(/C=C\C(C)(C)/C=C\N)CC(C)C. The van der Waals surface area contributed by atoms with Crippen LogP contribution in [-0.2, 0) is 0 Å². The van der Waals surface area contributed by atoms with Crippen LogP contribution in [0.5, 0.6) is 0 Å². The Morgan fingerprint density at radius 1 is 1.12 bits per heavy atom. The van der Waals surface area contributed by atoms with Crippen LogP contribution >= 0.6 is 0 Å². The summed E-state index contributed by atoms with van der Waals surface area (Å²) < 4.78 is 0. The Balaban J connectivity index is 4.77. The Bertz CT molecular complexity index is 271. The van der Waals surface area contributed by atoms with Crippen molar-refractivity contribution in [2.45, 2.75) is 41.0 Å². The molecule has 0 fully saturated rings. The summed E-state index contributed by atoms with van der Waals surface area (Å²) in [6.45, 7) is 14.9. The number of rotatable bonds is 6. The van der Waals surface area contributed by atoms with Gasteiger partial charge in [-0.25, -0.2) is 0 Å². The second kappa shape index (κ2) is 5.93. The fourth-order valence-corrected chi connectivity index (χ4v) is 1.81. The van der Waals surface area contributed by atoms with Crippen molar-refractivity contribution in [1.82, 2.24) is 0 Å². The molecule has 0 saturated carbocycles. The van der Waals surface area contributed by atoms with Crippen molar-refractivity contribution in [2.75, 3.05) is 0 Å². The van der Waals surface area contributed by atoms with E-state index < -0.39 is 0 Å². The molecule has 1 heteroatoms. The van der Waals surface area contributed by atoms with Gasteiger partial charge in [0.1, 0.15) is 0 Å². The van der Waals surface area contributed by atoms with Crippen molar-refractivity contribution in [2.24, 2.45) is 22.5 Å². The van der Waals surface area contributed by atoms with Gasteiger partial charge in [0.15, 0.2) is 0 Å². The molecule has 2 N–H and O–H groups in total. The molecule has 0 saturated heterocycles. The maximum atomic E-state index is 5.43. The fraction of sp³-hybridized carbons (Fsp3) is 0.600. The van der Waals surface area contributed by atoms with Crippen molar-refractivity contribution in [1.29, 1.82) is 0 Å². The monoisotopic (exact) mass is 221 g/mol. The van der Waals surface area contributed by atoms with E-state index in [0.29, 0.717) is 5.92 Å². The van der Waals surface area contributed by atoms with Crippen LogP contribution in [0, 0.1) is 16.7 Å². The molecule has 0 heterocycles. The lowest BCUT2D eigenvalue weighted by molar-refractivity contribution is 0.407. The Kier molecular flexibility index (Phi) is 5.57. The maximum absolute atomic E-state index is 5.43. The molecule has 1 nitrogen and oxygen atoms in total. The Morgan fingerprint density at radius 3 is 2.06 bits per heavy atom. The zero-order chi connectivity index (χ0) is 12.8. The lowest BCUT2D eigenvalue weighted by Crippen LogP contribution is -2.14. The summed E-state index contributed by atoms with van der Waals surface area (Å²) >= 11 is 0. The predicted molar refractivity (Wildman–Crippen MR) is 74.0 cm³/mol. The molecule has 1 atom stereocenters. The van der Waals surface area contributed by atoms with E-state index in [1.165, 1.54) is 0 Å². The molecule has 1 unspecified atom stereocenters. The molecule has 0 aliphatic rings. The van der Waals surface area contributed by atoms with E-state index in [2.05, 4.69) is 53.3 Å². The molecule has 0 aromatic heterocycles. The van der Waals surface area contributed by atoms with E-state index in [9.17, 15) is 0 Å². The van der Waals surface area contributed by atoms with Crippen LogP contribution in [-0.4, -0.2) is 0 Å². The van der Waals surface area contributed by atoms with Gasteiger partial charge in [0.2, 0.25) is 0 Å². The molecule has 92 valence electrons. The van der Waals surface area contributed by atoms with Crippen LogP contribution < -0.4 is 5.73 Å². The molecule has 0 spiro atoms. The quantitative estimate of drug-likeness (QED) is 0.666. The highest BCUT2D eigenvalue weighted by molar-refractivity contribution is 5.14. The van der Waals surface area contributed by atoms with Crippen LogP contribution in [0.1, 0.15) is 41.0 Å². The first-order valence-electron chi connectivity index (χ1n) is 5.98. The van der Waals surface area contributed by atoms with Gasteiger partial charge in [-0.1, -0.05) is 58.9 Å². The highest BCUT2D eigenvalue weighted by Gasteiger charge is 2.19. The summed E-state index contributed by atoms with van der Waals surface area (Å²) in [6.07, 6.45) is 11.2. The van der Waals surface area contributed by atoms with Crippen LogP contribution in [0.4, 0.5) is 0 Å². The van der Waals surface area contributed by atoms with Crippen molar-refractivity contribution in [3.8, 4) is 0 Å². The molecule has 0 aliphatic heterocycles. The summed E-state index contributed by atoms with van der Waals surface area (Å²) in [7, 11) is 0. The van der Waals surface area contributed by atoms with E-state index in [0.717, 1.165) is 6.42 Å². The van der Waals surface area contributed by atoms with Gasteiger partial charge in [0.05, 0.1) is 0 Å². The average molecular weight is 221 g/mol. The Morgan fingerprint density at radius 2 is 1.69 bits per heavy atom. The van der Waals surface area contributed by atoms with Gasteiger partial charge in [0, 0.05) is 10.8 Å².